The summed E-state index contributed by atoms with van der Waals surface area (Å²) in [5.41, 5.74) is 5.96. The van der Waals surface area contributed by atoms with E-state index in [1.165, 1.54) is 23.1 Å². The molecule has 0 aliphatic rings. The van der Waals surface area contributed by atoms with Gasteiger partial charge in [0.1, 0.15) is 26.7 Å². The van der Waals surface area contributed by atoms with Crippen molar-refractivity contribution < 1.29 is 4.79 Å². The second-order valence-electron chi connectivity index (χ2n) is 4.07. The SMILES string of the molecule is CCc1nnc(NC(=O)CSc2nc(N)nc(SC)c2C#N)s1. The number of hydrogen-bond acceptors (Lipinski definition) is 10. The molecule has 0 fully saturated rings. The Morgan fingerprint density at radius 2 is 2.13 bits per heavy atom. The van der Waals surface area contributed by atoms with E-state index in [-0.39, 0.29) is 17.6 Å². The van der Waals surface area contributed by atoms with Gasteiger partial charge >= 0.3 is 0 Å². The Morgan fingerprint density at radius 1 is 1.39 bits per heavy atom. The molecule has 0 aliphatic carbocycles. The van der Waals surface area contributed by atoms with Crippen molar-refractivity contribution >= 4 is 51.8 Å². The van der Waals surface area contributed by atoms with E-state index in [0.717, 1.165) is 23.2 Å². The van der Waals surface area contributed by atoms with Crippen LogP contribution in [-0.4, -0.2) is 38.1 Å². The molecule has 0 spiro atoms. The Bertz CT molecular complexity index is 756. The van der Waals surface area contributed by atoms with Gasteiger partial charge in [0, 0.05) is 0 Å². The largest absolute Gasteiger partial charge is 0.368 e. The van der Waals surface area contributed by atoms with E-state index < -0.39 is 0 Å². The molecule has 2 aromatic heterocycles. The average molecular weight is 367 g/mol. The minimum absolute atomic E-state index is 0.0768. The van der Waals surface area contributed by atoms with Gasteiger partial charge in [0.2, 0.25) is 17.0 Å². The number of aromatic nitrogens is 4. The van der Waals surface area contributed by atoms with Crippen molar-refractivity contribution in [1.82, 2.24) is 20.2 Å². The van der Waals surface area contributed by atoms with Gasteiger partial charge in [-0.05, 0) is 12.7 Å². The predicted octanol–water partition coefficient (Wildman–Crippen LogP) is 1.80. The van der Waals surface area contributed by atoms with E-state index in [9.17, 15) is 10.1 Å². The first-order valence-corrected chi connectivity index (χ1v) is 9.46. The third-order valence-corrected chi connectivity index (χ3v) is 5.16. The van der Waals surface area contributed by atoms with Crippen molar-refractivity contribution in [2.45, 2.75) is 23.4 Å². The average Bonchev–Trinajstić information content (AvgIpc) is 2.99. The smallest absolute Gasteiger partial charge is 0.236 e. The Labute approximate surface area is 145 Å². The normalized spacial score (nSPS) is 10.3. The number of carbonyl (C=O) groups is 1. The van der Waals surface area contributed by atoms with Gasteiger partial charge in [-0.3, -0.25) is 10.1 Å². The lowest BCUT2D eigenvalue weighted by Gasteiger charge is -2.07. The summed E-state index contributed by atoms with van der Waals surface area (Å²) < 4.78 is 0. The number of anilines is 2. The van der Waals surface area contributed by atoms with Crippen molar-refractivity contribution in [2.24, 2.45) is 0 Å². The standard InChI is InChI=1S/C12H13N7OS3/c1-3-8-18-19-12(23-8)15-7(20)5-22-10-6(4-13)9(21-2)16-11(14)17-10/h3,5H2,1-2H3,(H2,14,16,17)(H,15,19,20). The third kappa shape index (κ3) is 4.54. The van der Waals surface area contributed by atoms with Crippen LogP contribution >= 0.6 is 34.9 Å². The Kier molecular flexibility index (Phi) is 6.14. The van der Waals surface area contributed by atoms with Crippen LogP contribution in [0.1, 0.15) is 17.5 Å². The zero-order chi connectivity index (χ0) is 16.8. The second-order valence-corrected chi connectivity index (χ2v) is 6.90. The Balaban J connectivity index is 2.04. The van der Waals surface area contributed by atoms with Gasteiger partial charge in [-0.15, -0.1) is 22.0 Å². The van der Waals surface area contributed by atoms with Crippen LogP contribution in [0.15, 0.2) is 10.1 Å². The summed E-state index contributed by atoms with van der Waals surface area (Å²) in [4.78, 5) is 20.0. The minimum Gasteiger partial charge on any atom is -0.368 e. The summed E-state index contributed by atoms with van der Waals surface area (Å²) in [6, 6.07) is 2.05. The molecule has 23 heavy (non-hydrogen) atoms. The first-order valence-electron chi connectivity index (χ1n) is 6.44. The molecule has 0 aromatic carbocycles. The van der Waals surface area contributed by atoms with Gasteiger partial charge in [-0.1, -0.05) is 30.0 Å². The quantitative estimate of drug-likeness (QED) is 0.579. The molecule has 120 valence electrons. The number of aryl methyl sites for hydroxylation is 1. The molecule has 2 rings (SSSR count). The summed E-state index contributed by atoms with van der Waals surface area (Å²) >= 11 is 3.77. The molecule has 0 radical (unpaired) electrons. The fourth-order valence-corrected chi connectivity index (χ4v) is 3.60. The number of nitriles is 1. The molecule has 0 unspecified atom stereocenters. The number of nitrogens with one attached hydrogen (secondary N) is 1. The number of nitrogens with zero attached hydrogens (tertiary/aromatic N) is 5. The molecule has 0 atom stereocenters. The highest BCUT2D eigenvalue weighted by Crippen LogP contribution is 2.28. The van der Waals surface area contributed by atoms with Crippen LogP contribution in [0.3, 0.4) is 0 Å². The van der Waals surface area contributed by atoms with Crippen LogP contribution in [0.5, 0.6) is 0 Å². The number of carbonyl (C=O) groups excluding carboxylic acids is 1. The lowest BCUT2D eigenvalue weighted by Crippen LogP contribution is -2.14. The van der Waals surface area contributed by atoms with Crippen LogP contribution in [0.25, 0.3) is 0 Å². The molecule has 3 N–H and O–H groups in total. The summed E-state index contributed by atoms with van der Waals surface area (Å²) in [6.07, 6.45) is 2.57. The summed E-state index contributed by atoms with van der Waals surface area (Å²) in [7, 11) is 0. The lowest BCUT2D eigenvalue weighted by atomic mass is 10.4. The maximum Gasteiger partial charge on any atom is 0.236 e. The topological polar surface area (TPSA) is 130 Å². The number of amides is 1. The summed E-state index contributed by atoms with van der Waals surface area (Å²) in [5.74, 6) is -0.0893. The van der Waals surface area contributed by atoms with E-state index in [0.29, 0.717) is 20.7 Å². The van der Waals surface area contributed by atoms with Crippen LogP contribution in [0.4, 0.5) is 11.1 Å². The first-order chi connectivity index (χ1) is 11.1. The predicted molar refractivity (Wildman–Crippen MR) is 91.6 cm³/mol. The van der Waals surface area contributed by atoms with E-state index >= 15 is 0 Å². The molecule has 2 aromatic rings. The zero-order valence-corrected chi connectivity index (χ0v) is 14.8. The van der Waals surface area contributed by atoms with Crippen LogP contribution in [0.2, 0.25) is 0 Å². The van der Waals surface area contributed by atoms with E-state index in [2.05, 4.69) is 31.6 Å². The van der Waals surface area contributed by atoms with Crippen LogP contribution in [-0.2, 0) is 11.2 Å². The Hall–Kier alpha value is -1.90. The highest BCUT2D eigenvalue weighted by molar-refractivity contribution is 8.00. The summed E-state index contributed by atoms with van der Waals surface area (Å²) in [5, 5.41) is 21.9. The highest BCUT2D eigenvalue weighted by atomic mass is 32.2. The third-order valence-electron chi connectivity index (χ3n) is 2.52. The van der Waals surface area contributed by atoms with Crippen molar-refractivity contribution in [1.29, 1.82) is 5.26 Å². The molecule has 0 aliphatic heterocycles. The van der Waals surface area contributed by atoms with Gasteiger partial charge in [0.05, 0.1) is 5.75 Å². The molecule has 0 bridgehead atoms. The van der Waals surface area contributed by atoms with E-state index in [4.69, 9.17) is 5.73 Å². The second kappa shape index (κ2) is 8.09. The van der Waals surface area contributed by atoms with E-state index in [1.54, 1.807) is 6.26 Å². The summed E-state index contributed by atoms with van der Waals surface area (Å²) in [6.45, 7) is 1.97. The maximum atomic E-state index is 12.0. The molecule has 0 saturated carbocycles. The number of hydrogen-bond donors (Lipinski definition) is 2. The number of nitrogens with two attached hydrogens (primary N) is 1. The number of rotatable bonds is 6. The van der Waals surface area contributed by atoms with Crippen LogP contribution < -0.4 is 11.1 Å². The highest BCUT2D eigenvalue weighted by Gasteiger charge is 2.15. The van der Waals surface area contributed by atoms with Crippen molar-refractivity contribution in [3.8, 4) is 6.07 Å². The van der Waals surface area contributed by atoms with Crippen LogP contribution in [0, 0.1) is 11.3 Å². The van der Waals surface area contributed by atoms with Gasteiger partial charge in [0.15, 0.2) is 0 Å². The minimum atomic E-state index is -0.249. The zero-order valence-electron chi connectivity index (χ0n) is 12.4. The molecule has 1 amide bonds. The fraction of sp³-hybridized carbons (Fsp3) is 0.333. The fourth-order valence-electron chi connectivity index (χ4n) is 1.52. The van der Waals surface area contributed by atoms with Gasteiger partial charge < -0.3 is 5.73 Å². The molecule has 11 heteroatoms. The monoisotopic (exact) mass is 367 g/mol. The molecule has 8 nitrogen and oxygen atoms in total. The van der Waals surface area contributed by atoms with Gasteiger partial charge in [0.25, 0.3) is 0 Å². The molecular weight excluding hydrogens is 354 g/mol. The van der Waals surface area contributed by atoms with Crippen molar-refractivity contribution in [2.75, 3.05) is 23.1 Å². The lowest BCUT2D eigenvalue weighted by molar-refractivity contribution is -0.113. The number of nitrogen functional groups attached to an aromatic ring is 1. The maximum absolute atomic E-state index is 12.0. The molecule has 0 saturated heterocycles. The van der Waals surface area contributed by atoms with Crippen molar-refractivity contribution in [3.05, 3.63) is 10.6 Å². The van der Waals surface area contributed by atoms with Gasteiger partial charge in [-0.2, -0.15) is 5.26 Å². The molecular formula is C12H13N7OS3. The number of thioether (sulfide) groups is 2. The Morgan fingerprint density at radius 3 is 2.74 bits per heavy atom. The van der Waals surface area contributed by atoms with E-state index in [1.807, 2.05) is 6.92 Å². The van der Waals surface area contributed by atoms with Gasteiger partial charge in [-0.25, -0.2) is 9.97 Å². The molecule has 2 heterocycles. The first kappa shape index (κ1) is 17.5. The van der Waals surface area contributed by atoms with Crippen molar-refractivity contribution in [3.63, 3.8) is 0 Å².